The Balaban J connectivity index is 2.24. The second-order valence-corrected chi connectivity index (χ2v) is 4.09. The van der Waals surface area contributed by atoms with Gasteiger partial charge < -0.3 is 14.2 Å². The average molecular weight is 244 g/mol. The number of ether oxygens (including phenoxy) is 3. The van der Waals surface area contributed by atoms with Gasteiger partial charge in [-0.1, -0.05) is 6.92 Å². The van der Waals surface area contributed by atoms with Crippen molar-refractivity contribution in [2.75, 3.05) is 20.3 Å². The molecule has 1 aromatic rings. The summed E-state index contributed by atoms with van der Waals surface area (Å²) in [5.74, 6) is -1.87. The number of hydrogen-bond acceptors (Lipinski definition) is 3. The van der Waals surface area contributed by atoms with Gasteiger partial charge in [-0.2, -0.15) is 4.39 Å². The lowest BCUT2D eigenvalue weighted by atomic mass is 10.1. The fourth-order valence-corrected chi connectivity index (χ4v) is 1.67. The number of halogens is 2. The molecule has 1 fully saturated rings. The van der Waals surface area contributed by atoms with Gasteiger partial charge in [-0.3, -0.25) is 0 Å². The maximum atomic E-state index is 13.7. The molecule has 1 aromatic carbocycles. The Labute approximate surface area is 98.3 Å². The maximum absolute atomic E-state index is 13.7. The molecule has 1 saturated heterocycles. The van der Waals surface area contributed by atoms with Crippen LogP contribution in [0.1, 0.15) is 18.8 Å². The van der Waals surface area contributed by atoms with E-state index in [0.717, 1.165) is 0 Å². The summed E-state index contributed by atoms with van der Waals surface area (Å²) in [7, 11) is 1.28. The first kappa shape index (κ1) is 12.3. The van der Waals surface area contributed by atoms with Crippen molar-refractivity contribution in [1.29, 1.82) is 0 Å². The van der Waals surface area contributed by atoms with Crippen molar-refractivity contribution in [1.82, 2.24) is 0 Å². The molecule has 1 aliphatic rings. The Morgan fingerprint density at radius 1 is 1.18 bits per heavy atom. The van der Waals surface area contributed by atoms with Crippen molar-refractivity contribution < 1.29 is 23.0 Å². The van der Waals surface area contributed by atoms with Gasteiger partial charge in [0.1, 0.15) is 0 Å². The molecular formula is C12H14F2O3. The van der Waals surface area contributed by atoms with Gasteiger partial charge in [-0.15, -0.1) is 0 Å². The molecule has 0 spiro atoms. The molecule has 0 bridgehead atoms. The van der Waals surface area contributed by atoms with Crippen LogP contribution in [0.2, 0.25) is 0 Å². The maximum Gasteiger partial charge on any atom is 0.201 e. The third kappa shape index (κ3) is 2.40. The normalized spacial score (nSPS) is 24.7. The lowest BCUT2D eigenvalue weighted by Gasteiger charge is -2.27. The summed E-state index contributed by atoms with van der Waals surface area (Å²) in [6, 6.07) is 2.77. The van der Waals surface area contributed by atoms with E-state index in [0.29, 0.717) is 13.2 Å². The standard InChI is InChI=1S/C12H14F2O3/c1-7-5-16-12(17-6-7)8-3-4-9(15-2)11(14)10(8)13/h3-4,7,12H,5-6H2,1-2H3. The largest absolute Gasteiger partial charge is 0.494 e. The van der Waals surface area contributed by atoms with E-state index >= 15 is 0 Å². The molecule has 17 heavy (non-hydrogen) atoms. The van der Waals surface area contributed by atoms with Crippen LogP contribution in [0, 0.1) is 17.6 Å². The lowest BCUT2D eigenvalue weighted by Crippen LogP contribution is -2.25. The van der Waals surface area contributed by atoms with Crippen molar-refractivity contribution >= 4 is 0 Å². The number of methoxy groups -OCH3 is 1. The highest BCUT2D eigenvalue weighted by molar-refractivity contribution is 5.31. The average Bonchev–Trinajstić information content (AvgIpc) is 2.34. The third-order valence-electron chi connectivity index (χ3n) is 2.61. The SMILES string of the molecule is COc1ccc(C2OCC(C)CO2)c(F)c1F. The summed E-state index contributed by atoms with van der Waals surface area (Å²) < 4.78 is 42.5. The Hall–Kier alpha value is -1.20. The van der Waals surface area contributed by atoms with Crippen LogP contribution in [0.3, 0.4) is 0 Å². The van der Waals surface area contributed by atoms with Crippen molar-refractivity contribution in [3.63, 3.8) is 0 Å². The molecular weight excluding hydrogens is 230 g/mol. The highest BCUT2D eigenvalue weighted by Gasteiger charge is 2.26. The van der Waals surface area contributed by atoms with Crippen molar-refractivity contribution in [3.8, 4) is 5.75 Å². The summed E-state index contributed by atoms with van der Waals surface area (Å²) in [4.78, 5) is 0. The Morgan fingerprint density at radius 3 is 2.41 bits per heavy atom. The van der Waals surface area contributed by atoms with E-state index in [9.17, 15) is 8.78 Å². The fraction of sp³-hybridized carbons (Fsp3) is 0.500. The first-order valence-electron chi connectivity index (χ1n) is 5.38. The summed E-state index contributed by atoms with van der Waals surface area (Å²) >= 11 is 0. The minimum Gasteiger partial charge on any atom is -0.494 e. The van der Waals surface area contributed by atoms with Gasteiger partial charge in [-0.05, 0) is 12.1 Å². The Bertz CT molecular complexity index is 401. The van der Waals surface area contributed by atoms with E-state index in [1.54, 1.807) is 0 Å². The smallest absolute Gasteiger partial charge is 0.201 e. The van der Waals surface area contributed by atoms with Gasteiger partial charge in [0.05, 0.1) is 20.3 Å². The van der Waals surface area contributed by atoms with Gasteiger partial charge in [0.2, 0.25) is 5.82 Å². The van der Waals surface area contributed by atoms with Crippen LogP contribution in [-0.2, 0) is 9.47 Å². The van der Waals surface area contributed by atoms with Gasteiger partial charge in [0.25, 0.3) is 0 Å². The van der Waals surface area contributed by atoms with Crippen molar-refractivity contribution in [3.05, 3.63) is 29.3 Å². The molecule has 0 N–H and O–H groups in total. The molecule has 0 aliphatic carbocycles. The van der Waals surface area contributed by atoms with Gasteiger partial charge in [0.15, 0.2) is 17.9 Å². The monoisotopic (exact) mass is 244 g/mol. The highest BCUT2D eigenvalue weighted by Crippen LogP contribution is 2.31. The summed E-state index contributed by atoms with van der Waals surface area (Å²) in [5.41, 5.74) is 0.0650. The molecule has 0 amide bonds. The van der Waals surface area contributed by atoms with Crippen LogP contribution in [0.25, 0.3) is 0 Å². The highest BCUT2D eigenvalue weighted by atomic mass is 19.2. The Morgan fingerprint density at radius 2 is 1.82 bits per heavy atom. The van der Waals surface area contributed by atoms with Crippen LogP contribution >= 0.6 is 0 Å². The summed E-state index contributed by atoms with van der Waals surface area (Å²) in [5, 5.41) is 0. The first-order valence-corrected chi connectivity index (χ1v) is 5.38. The predicted molar refractivity (Wildman–Crippen MR) is 56.7 cm³/mol. The lowest BCUT2D eigenvalue weighted by molar-refractivity contribution is -0.203. The predicted octanol–water partition coefficient (Wildman–Crippen LogP) is 2.65. The number of rotatable bonds is 2. The van der Waals surface area contributed by atoms with Crippen LogP contribution < -0.4 is 4.74 Å². The molecule has 3 nitrogen and oxygen atoms in total. The number of hydrogen-bond donors (Lipinski definition) is 0. The van der Waals surface area contributed by atoms with Crippen LogP contribution in [-0.4, -0.2) is 20.3 Å². The molecule has 0 saturated carbocycles. The zero-order chi connectivity index (χ0) is 12.4. The molecule has 1 aliphatic heterocycles. The molecule has 0 aromatic heterocycles. The van der Waals surface area contributed by atoms with E-state index < -0.39 is 17.9 Å². The number of benzene rings is 1. The van der Waals surface area contributed by atoms with E-state index in [1.165, 1.54) is 19.2 Å². The molecule has 2 rings (SSSR count). The zero-order valence-corrected chi connectivity index (χ0v) is 9.70. The molecule has 0 unspecified atom stereocenters. The van der Waals surface area contributed by atoms with Crippen molar-refractivity contribution in [2.24, 2.45) is 5.92 Å². The van der Waals surface area contributed by atoms with Crippen LogP contribution in [0.15, 0.2) is 12.1 Å². The molecule has 94 valence electrons. The van der Waals surface area contributed by atoms with Gasteiger partial charge in [-0.25, -0.2) is 4.39 Å². The summed E-state index contributed by atoms with van der Waals surface area (Å²) in [6.07, 6.45) is -0.841. The second-order valence-electron chi connectivity index (χ2n) is 4.09. The molecule has 0 atom stereocenters. The fourth-order valence-electron chi connectivity index (χ4n) is 1.67. The van der Waals surface area contributed by atoms with Crippen LogP contribution in [0.5, 0.6) is 5.75 Å². The van der Waals surface area contributed by atoms with Gasteiger partial charge in [0, 0.05) is 11.5 Å². The van der Waals surface area contributed by atoms with E-state index in [-0.39, 0.29) is 17.2 Å². The van der Waals surface area contributed by atoms with E-state index in [1.807, 2.05) is 6.92 Å². The molecule has 0 radical (unpaired) electrons. The quantitative estimate of drug-likeness (QED) is 0.800. The zero-order valence-electron chi connectivity index (χ0n) is 9.70. The van der Waals surface area contributed by atoms with E-state index in [2.05, 4.69) is 4.74 Å². The van der Waals surface area contributed by atoms with E-state index in [4.69, 9.17) is 9.47 Å². The molecule has 1 heterocycles. The minimum absolute atomic E-state index is 0.0650. The summed E-state index contributed by atoms with van der Waals surface area (Å²) in [6.45, 7) is 2.90. The van der Waals surface area contributed by atoms with Crippen LogP contribution in [0.4, 0.5) is 8.78 Å². The first-order chi connectivity index (χ1) is 8.13. The second kappa shape index (κ2) is 4.98. The Kier molecular flexibility index (Phi) is 3.59. The molecule has 5 heteroatoms. The topological polar surface area (TPSA) is 27.7 Å². The third-order valence-corrected chi connectivity index (χ3v) is 2.61. The minimum atomic E-state index is -1.02. The van der Waals surface area contributed by atoms with Crippen molar-refractivity contribution in [2.45, 2.75) is 13.2 Å². The van der Waals surface area contributed by atoms with Gasteiger partial charge >= 0.3 is 0 Å².